The highest BCUT2D eigenvalue weighted by molar-refractivity contribution is 6.05. The molecule has 5 rings (SSSR count). The number of hydrogen-bond acceptors (Lipinski definition) is 6. The molecule has 1 aliphatic carbocycles. The molecule has 0 atom stereocenters. The van der Waals surface area contributed by atoms with Gasteiger partial charge in [-0.25, -0.2) is 9.36 Å². The van der Waals surface area contributed by atoms with Crippen LogP contribution in [-0.2, 0) is 0 Å². The number of rotatable bonds is 3. The molecular weight excluding hydrogens is 398 g/mol. The van der Waals surface area contributed by atoms with E-state index in [0.717, 1.165) is 30.3 Å². The Balaban J connectivity index is 1.96. The molecule has 0 bridgehead atoms. The van der Waals surface area contributed by atoms with E-state index in [-0.39, 0.29) is 17.5 Å². The molecule has 0 spiro atoms. The molecule has 2 heterocycles. The van der Waals surface area contributed by atoms with Gasteiger partial charge >= 0.3 is 5.69 Å². The Bertz CT molecular complexity index is 1450. The summed E-state index contributed by atoms with van der Waals surface area (Å²) < 4.78 is 8.16. The van der Waals surface area contributed by atoms with Gasteiger partial charge in [-0.2, -0.15) is 0 Å². The van der Waals surface area contributed by atoms with Gasteiger partial charge in [0.15, 0.2) is 11.5 Å². The molecular formula is C23H21N3O5. The molecule has 8 heteroatoms. The number of hydrogen-bond donors (Lipinski definition) is 2. The predicted molar refractivity (Wildman–Crippen MR) is 116 cm³/mol. The fraction of sp³-hybridized carbons (Fsp3) is 0.261. The van der Waals surface area contributed by atoms with Crippen molar-refractivity contribution in [3.8, 4) is 22.9 Å². The molecule has 1 fully saturated rings. The first kappa shape index (κ1) is 19.2. The summed E-state index contributed by atoms with van der Waals surface area (Å²) in [4.78, 5) is 31.6. The maximum atomic E-state index is 13.7. The Hall–Kier alpha value is -3.81. The lowest BCUT2D eigenvalue weighted by atomic mass is 10.1. The van der Waals surface area contributed by atoms with Crippen molar-refractivity contribution in [3.05, 3.63) is 63.4 Å². The molecule has 2 aromatic carbocycles. The number of ether oxygens (including phenoxy) is 1. The van der Waals surface area contributed by atoms with E-state index in [2.05, 4.69) is 4.98 Å². The number of phenolic OH excluding ortho intramolecular Hbond substituents is 2. The molecule has 8 nitrogen and oxygen atoms in total. The zero-order valence-corrected chi connectivity index (χ0v) is 16.9. The first-order valence-corrected chi connectivity index (χ1v) is 10.2. The molecule has 0 radical (unpaired) electrons. The van der Waals surface area contributed by atoms with Gasteiger partial charge in [0.25, 0.3) is 5.56 Å². The van der Waals surface area contributed by atoms with E-state index in [1.807, 2.05) is 12.1 Å². The van der Waals surface area contributed by atoms with E-state index in [1.54, 1.807) is 17.7 Å². The minimum Gasteiger partial charge on any atom is -0.504 e. The van der Waals surface area contributed by atoms with Crippen LogP contribution in [-0.4, -0.2) is 31.4 Å². The summed E-state index contributed by atoms with van der Waals surface area (Å²) >= 11 is 0. The van der Waals surface area contributed by atoms with E-state index in [4.69, 9.17) is 4.74 Å². The minimum absolute atomic E-state index is 0.0515. The summed E-state index contributed by atoms with van der Waals surface area (Å²) in [5, 5.41) is 20.6. The highest BCUT2D eigenvalue weighted by atomic mass is 16.5. The van der Waals surface area contributed by atoms with Gasteiger partial charge in [0.05, 0.1) is 23.7 Å². The van der Waals surface area contributed by atoms with Gasteiger partial charge in [0, 0.05) is 23.7 Å². The normalized spacial score (nSPS) is 14.5. The van der Waals surface area contributed by atoms with Crippen LogP contribution in [0.4, 0.5) is 0 Å². The number of para-hydroxylation sites is 1. The first-order chi connectivity index (χ1) is 15.0. The fourth-order valence-electron chi connectivity index (χ4n) is 4.55. The number of benzene rings is 2. The van der Waals surface area contributed by atoms with E-state index >= 15 is 0 Å². The summed E-state index contributed by atoms with van der Waals surface area (Å²) in [6.07, 6.45) is 5.15. The van der Waals surface area contributed by atoms with E-state index in [9.17, 15) is 19.8 Å². The number of pyridine rings is 1. The SMILES string of the molecule is COc1cccc2c1ncc1c(=O)n(-c3ccc(O)c(O)c3)c(=O)n(C3CCCC3)c12. The summed E-state index contributed by atoms with van der Waals surface area (Å²) in [5.41, 5.74) is 0.305. The number of aromatic nitrogens is 3. The zero-order valence-electron chi connectivity index (χ0n) is 16.9. The van der Waals surface area contributed by atoms with Crippen molar-refractivity contribution in [2.24, 2.45) is 0 Å². The lowest BCUT2D eigenvalue weighted by molar-refractivity contribution is 0.403. The number of methoxy groups -OCH3 is 1. The topological polar surface area (TPSA) is 107 Å². The Morgan fingerprint density at radius 2 is 1.81 bits per heavy atom. The highest BCUT2D eigenvalue weighted by Gasteiger charge is 2.25. The average molecular weight is 419 g/mol. The third kappa shape index (κ3) is 2.86. The molecule has 2 N–H and O–H groups in total. The number of aromatic hydroxyl groups is 2. The molecule has 1 aliphatic rings. The van der Waals surface area contributed by atoms with Gasteiger partial charge in [-0.3, -0.25) is 14.3 Å². The van der Waals surface area contributed by atoms with Crippen LogP contribution in [0.2, 0.25) is 0 Å². The van der Waals surface area contributed by atoms with Gasteiger partial charge in [-0.15, -0.1) is 0 Å². The second-order valence-corrected chi connectivity index (χ2v) is 7.78. The summed E-state index contributed by atoms with van der Waals surface area (Å²) in [7, 11) is 1.56. The van der Waals surface area contributed by atoms with Crippen LogP contribution in [0.15, 0.2) is 52.2 Å². The third-order valence-electron chi connectivity index (χ3n) is 6.03. The minimum atomic E-state index is -0.531. The van der Waals surface area contributed by atoms with Crippen LogP contribution in [0.25, 0.3) is 27.5 Å². The molecule has 158 valence electrons. The van der Waals surface area contributed by atoms with Crippen molar-refractivity contribution >= 4 is 21.8 Å². The fourth-order valence-corrected chi connectivity index (χ4v) is 4.55. The Labute approximate surface area is 176 Å². The number of fused-ring (bicyclic) bond motifs is 3. The maximum Gasteiger partial charge on any atom is 0.336 e. The van der Waals surface area contributed by atoms with Crippen molar-refractivity contribution < 1.29 is 14.9 Å². The third-order valence-corrected chi connectivity index (χ3v) is 6.03. The standard InChI is InChI=1S/C23H21N3O5/c1-31-19-8-4-7-15-20(19)24-12-16-21(15)25(13-5-2-3-6-13)23(30)26(22(16)29)14-9-10-17(27)18(28)11-14/h4,7-13,27-28H,2-3,5-6H2,1H3. The second kappa shape index (κ2) is 7.16. The van der Waals surface area contributed by atoms with E-state index in [0.29, 0.717) is 27.6 Å². The van der Waals surface area contributed by atoms with Crippen molar-refractivity contribution in [2.75, 3.05) is 7.11 Å². The molecule has 0 unspecified atom stereocenters. The second-order valence-electron chi connectivity index (χ2n) is 7.78. The molecule has 0 aliphatic heterocycles. The Kier molecular flexibility index (Phi) is 4.43. The molecule has 4 aromatic rings. The van der Waals surface area contributed by atoms with Crippen LogP contribution >= 0.6 is 0 Å². The monoisotopic (exact) mass is 419 g/mol. The largest absolute Gasteiger partial charge is 0.504 e. The van der Waals surface area contributed by atoms with Crippen molar-refractivity contribution in [1.29, 1.82) is 0 Å². The quantitative estimate of drug-likeness (QED) is 0.390. The van der Waals surface area contributed by atoms with E-state index < -0.39 is 17.0 Å². The van der Waals surface area contributed by atoms with Gasteiger partial charge < -0.3 is 14.9 Å². The van der Waals surface area contributed by atoms with Crippen molar-refractivity contribution in [1.82, 2.24) is 14.1 Å². The first-order valence-electron chi connectivity index (χ1n) is 10.2. The molecule has 31 heavy (non-hydrogen) atoms. The van der Waals surface area contributed by atoms with Gasteiger partial charge in [-0.1, -0.05) is 25.0 Å². The van der Waals surface area contributed by atoms with Crippen LogP contribution in [0, 0.1) is 0 Å². The lowest BCUT2D eigenvalue weighted by Gasteiger charge is -2.20. The molecule has 0 amide bonds. The molecule has 1 saturated carbocycles. The average Bonchev–Trinajstić information content (AvgIpc) is 3.30. The summed E-state index contributed by atoms with van der Waals surface area (Å²) in [6, 6.07) is 9.29. The number of phenols is 2. The van der Waals surface area contributed by atoms with Gasteiger partial charge in [0.2, 0.25) is 0 Å². The lowest BCUT2D eigenvalue weighted by Crippen LogP contribution is -2.40. The smallest absolute Gasteiger partial charge is 0.336 e. The Morgan fingerprint density at radius 3 is 2.52 bits per heavy atom. The van der Waals surface area contributed by atoms with Crippen molar-refractivity contribution in [3.63, 3.8) is 0 Å². The summed E-state index contributed by atoms with van der Waals surface area (Å²) in [6.45, 7) is 0. The van der Waals surface area contributed by atoms with Crippen molar-refractivity contribution in [2.45, 2.75) is 31.7 Å². The van der Waals surface area contributed by atoms with Gasteiger partial charge in [-0.05, 0) is 31.0 Å². The predicted octanol–water partition coefficient (Wildman–Crippen LogP) is 3.24. The van der Waals surface area contributed by atoms with Crippen LogP contribution in [0.3, 0.4) is 0 Å². The molecule has 2 aromatic heterocycles. The Morgan fingerprint density at radius 1 is 1.03 bits per heavy atom. The van der Waals surface area contributed by atoms with Crippen LogP contribution < -0.4 is 16.0 Å². The maximum absolute atomic E-state index is 13.7. The van der Waals surface area contributed by atoms with Crippen LogP contribution in [0.1, 0.15) is 31.7 Å². The zero-order chi connectivity index (χ0) is 21.7. The number of nitrogens with zero attached hydrogens (tertiary/aromatic N) is 3. The van der Waals surface area contributed by atoms with Crippen LogP contribution in [0.5, 0.6) is 17.2 Å². The van der Waals surface area contributed by atoms with Gasteiger partial charge in [0.1, 0.15) is 11.3 Å². The summed E-state index contributed by atoms with van der Waals surface area (Å²) in [5.74, 6) is -0.163. The highest BCUT2D eigenvalue weighted by Crippen LogP contribution is 2.34. The van der Waals surface area contributed by atoms with E-state index in [1.165, 1.54) is 24.4 Å². The molecule has 0 saturated heterocycles.